The summed E-state index contributed by atoms with van der Waals surface area (Å²) in [5.74, 6) is 0. The van der Waals surface area contributed by atoms with Crippen molar-refractivity contribution in [2.45, 2.75) is 26.1 Å². The van der Waals surface area contributed by atoms with Crippen LogP contribution in [0.15, 0.2) is 30.3 Å². The summed E-state index contributed by atoms with van der Waals surface area (Å²) in [7, 11) is 1.86. The Morgan fingerprint density at radius 1 is 1.15 bits per heavy atom. The van der Waals surface area contributed by atoms with Crippen molar-refractivity contribution in [1.29, 1.82) is 0 Å². The van der Waals surface area contributed by atoms with Crippen molar-refractivity contribution in [2.75, 3.05) is 7.05 Å². The lowest BCUT2D eigenvalue weighted by Gasteiger charge is -2.11. The Morgan fingerprint density at radius 3 is 2.45 bits per heavy atom. The first-order valence-corrected chi connectivity index (χ1v) is 7.10. The number of alkyl halides is 3. The molecular weight excluding hydrogens is 283 g/mol. The van der Waals surface area contributed by atoms with Gasteiger partial charge in [-0.3, -0.25) is 0 Å². The van der Waals surface area contributed by atoms with Gasteiger partial charge in [-0.25, -0.2) is 0 Å². The molecule has 20 heavy (non-hydrogen) atoms. The van der Waals surface area contributed by atoms with Crippen LogP contribution in [0.5, 0.6) is 0 Å². The molecule has 1 N–H and O–H groups in total. The van der Waals surface area contributed by atoms with E-state index in [2.05, 4.69) is 5.32 Å². The van der Waals surface area contributed by atoms with Crippen LogP contribution in [0.1, 0.15) is 29.0 Å². The smallest absolute Gasteiger partial charge is 0.313 e. The van der Waals surface area contributed by atoms with E-state index in [1.165, 1.54) is 30.4 Å². The van der Waals surface area contributed by atoms with E-state index in [0.717, 1.165) is 9.75 Å². The van der Waals surface area contributed by atoms with Crippen LogP contribution >= 0.6 is 11.3 Å². The highest BCUT2D eigenvalue weighted by Crippen LogP contribution is 2.37. The number of rotatable bonds is 3. The number of benzene rings is 1. The maximum absolute atomic E-state index is 12.9. The predicted octanol–water partition coefficient (Wildman–Crippen LogP) is 5.02. The first kappa shape index (κ1) is 15.1. The van der Waals surface area contributed by atoms with Crippen molar-refractivity contribution in [2.24, 2.45) is 0 Å². The van der Waals surface area contributed by atoms with Crippen molar-refractivity contribution >= 4 is 11.3 Å². The van der Waals surface area contributed by atoms with Crippen LogP contribution < -0.4 is 5.32 Å². The summed E-state index contributed by atoms with van der Waals surface area (Å²) in [6, 6.07) is 8.52. The number of thiophene rings is 1. The van der Waals surface area contributed by atoms with Crippen LogP contribution in [-0.2, 0) is 6.18 Å². The minimum Gasteiger partial charge on any atom is -0.313 e. The molecule has 0 saturated carbocycles. The third-order valence-electron chi connectivity index (χ3n) is 3.31. The Bertz CT molecular complexity index is 601. The number of hydrogen-bond donors (Lipinski definition) is 1. The van der Waals surface area contributed by atoms with Gasteiger partial charge in [-0.15, -0.1) is 11.3 Å². The Kier molecular flexibility index (Phi) is 4.20. The standard InChI is InChI=1S/C15H16F3NS/c1-9-4-5-11(8-12(9)15(16,17)18)14-7-6-13(20-14)10(2)19-3/h4-8,10,19H,1-3H3. The summed E-state index contributed by atoms with van der Waals surface area (Å²) in [6.07, 6.45) is -4.31. The topological polar surface area (TPSA) is 12.0 Å². The van der Waals surface area contributed by atoms with Gasteiger partial charge in [0.25, 0.3) is 0 Å². The van der Waals surface area contributed by atoms with Crippen LogP contribution in [0.25, 0.3) is 10.4 Å². The Balaban J connectivity index is 2.41. The van der Waals surface area contributed by atoms with E-state index in [0.29, 0.717) is 5.56 Å². The zero-order valence-corrected chi connectivity index (χ0v) is 12.3. The molecule has 1 aromatic heterocycles. The number of halogens is 3. The second-order valence-electron chi connectivity index (χ2n) is 4.74. The summed E-state index contributed by atoms with van der Waals surface area (Å²) < 4.78 is 38.8. The molecule has 1 aromatic carbocycles. The molecule has 0 aliphatic rings. The monoisotopic (exact) mass is 299 g/mol. The average Bonchev–Trinajstić information content (AvgIpc) is 2.86. The zero-order valence-electron chi connectivity index (χ0n) is 11.5. The largest absolute Gasteiger partial charge is 0.416 e. The maximum Gasteiger partial charge on any atom is 0.416 e. The van der Waals surface area contributed by atoms with E-state index in [9.17, 15) is 13.2 Å². The summed E-state index contributed by atoms with van der Waals surface area (Å²) in [5, 5.41) is 3.12. The van der Waals surface area contributed by atoms with E-state index >= 15 is 0 Å². The fraction of sp³-hybridized carbons (Fsp3) is 0.333. The van der Waals surface area contributed by atoms with Gasteiger partial charge in [-0.2, -0.15) is 13.2 Å². The molecule has 0 saturated heterocycles. The van der Waals surface area contributed by atoms with Gasteiger partial charge in [-0.05, 0) is 50.2 Å². The molecule has 5 heteroatoms. The Hall–Kier alpha value is -1.33. The molecule has 108 valence electrons. The predicted molar refractivity (Wildman–Crippen MR) is 77.0 cm³/mol. The second-order valence-corrected chi connectivity index (χ2v) is 5.86. The quantitative estimate of drug-likeness (QED) is 0.839. The summed E-state index contributed by atoms with van der Waals surface area (Å²) in [6.45, 7) is 3.50. The Labute approximate surface area is 120 Å². The second kappa shape index (κ2) is 5.58. The normalized spacial score (nSPS) is 13.5. The molecule has 1 nitrogen and oxygen atoms in total. The molecule has 2 rings (SSSR count). The van der Waals surface area contributed by atoms with E-state index in [4.69, 9.17) is 0 Å². The molecule has 0 fully saturated rings. The summed E-state index contributed by atoms with van der Waals surface area (Å²) >= 11 is 1.51. The van der Waals surface area contributed by atoms with Crippen molar-refractivity contribution < 1.29 is 13.2 Å². The van der Waals surface area contributed by atoms with Crippen molar-refractivity contribution in [3.8, 4) is 10.4 Å². The lowest BCUT2D eigenvalue weighted by molar-refractivity contribution is -0.138. The molecule has 0 aliphatic carbocycles. The molecule has 1 atom stereocenters. The van der Waals surface area contributed by atoms with Crippen molar-refractivity contribution in [3.05, 3.63) is 46.3 Å². The average molecular weight is 299 g/mol. The van der Waals surface area contributed by atoms with Crippen LogP contribution in [0, 0.1) is 6.92 Å². The molecule has 1 heterocycles. The van der Waals surface area contributed by atoms with E-state index in [-0.39, 0.29) is 11.6 Å². The van der Waals surface area contributed by atoms with Crippen LogP contribution in [0.4, 0.5) is 13.2 Å². The highest BCUT2D eigenvalue weighted by Gasteiger charge is 2.32. The fourth-order valence-electron chi connectivity index (χ4n) is 1.96. The van der Waals surface area contributed by atoms with E-state index in [1.807, 2.05) is 26.1 Å². The molecule has 0 bridgehead atoms. The molecule has 0 spiro atoms. The zero-order chi connectivity index (χ0) is 14.9. The highest BCUT2D eigenvalue weighted by atomic mass is 32.1. The molecule has 0 radical (unpaired) electrons. The lowest BCUT2D eigenvalue weighted by Crippen LogP contribution is -2.10. The van der Waals surface area contributed by atoms with E-state index < -0.39 is 11.7 Å². The van der Waals surface area contributed by atoms with Gasteiger partial charge in [0.15, 0.2) is 0 Å². The van der Waals surface area contributed by atoms with Gasteiger partial charge >= 0.3 is 6.18 Å². The van der Waals surface area contributed by atoms with Gasteiger partial charge in [0.05, 0.1) is 5.56 Å². The lowest BCUT2D eigenvalue weighted by atomic mass is 10.0. The third kappa shape index (κ3) is 3.04. The molecule has 2 aromatic rings. The van der Waals surface area contributed by atoms with Gasteiger partial charge in [-0.1, -0.05) is 12.1 Å². The fourth-order valence-corrected chi connectivity index (χ4v) is 3.03. The van der Waals surface area contributed by atoms with Crippen molar-refractivity contribution in [1.82, 2.24) is 5.32 Å². The van der Waals surface area contributed by atoms with Crippen LogP contribution in [-0.4, -0.2) is 7.05 Å². The minimum absolute atomic E-state index is 0.196. The number of hydrogen-bond acceptors (Lipinski definition) is 2. The molecule has 0 aliphatic heterocycles. The van der Waals surface area contributed by atoms with Crippen molar-refractivity contribution in [3.63, 3.8) is 0 Å². The SMILES string of the molecule is CNC(C)c1ccc(-c2ccc(C)c(C(F)(F)F)c2)s1. The van der Waals surface area contributed by atoms with Gasteiger partial charge in [0.1, 0.15) is 0 Å². The first-order valence-electron chi connectivity index (χ1n) is 6.28. The summed E-state index contributed by atoms with van der Waals surface area (Å²) in [5.41, 5.74) is 0.302. The molecular formula is C15H16F3NS. The highest BCUT2D eigenvalue weighted by molar-refractivity contribution is 7.15. The summed E-state index contributed by atoms with van der Waals surface area (Å²) in [4.78, 5) is 1.96. The van der Waals surface area contributed by atoms with Crippen LogP contribution in [0.2, 0.25) is 0 Å². The minimum atomic E-state index is -4.31. The number of nitrogens with one attached hydrogen (secondary N) is 1. The van der Waals surface area contributed by atoms with E-state index in [1.54, 1.807) is 6.07 Å². The maximum atomic E-state index is 12.9. The van der Waals surface area contributed by atoms with Gasteiger partial charge < -0.3 is 5.32 Å². The molecule has 0 amide bonds. The molecule has 1 unspecified atom stereocenters. The Morgan fingerprint density at radius 2 is 1.85 bits per heavy atom. The number of aryl methyl sites for hydroxylation is 1. The third-order valence-corrected chi connectivity index (χ3v) is 4.63. The van der Waals surface area contributed by atoms with Gasteiger partial charge in [0, 0.05) is 15.8 Å². The first-order chi connectivity index (χ1) is 9.32. The van der Waals surface area contributed by atoms with Gasteiger partial charge in [0.2, 0.25) is 0 Å². The van der Waals surface area contributed by atoms with Crippen LogP contribution in [0.3, 0.4) is 0 Å².